The Morgan fingerprint density at radius 1 is 1.30 bits per heavy atom. The molecular formula is C19H27FN4O3. The predicted molar refractivity (Wildman–Crippen MR) is 101 cm³/mol. The number of aromatic nitrogens is 2. The summed E-state index contributed by atoms with van der Waals surface area (Å²) in [5, 5.41) is 12.6. The van der Waals surface area contributed by atoms with Gasteiger partial charge in [-0.3, -0.25) is 5.10 Å². The smallest absolute Gasteiger partial charge is 0.407 e. The minimum atomic E-state index is -0.563. The van der Waals surface area contributed by atoms with E-state index in [4.69, 9.17) is 9.47 Å². The minimum Gasteiger partial charge on any atom is -0.489 e. The summed E-state index contributed by atoms with van der Waals surface area (Å²) in [5.74, 6) is 0.905. The molecule has 2 unspecified atom stereocenters. The number of aromatic amines is 1. The summed E-state index contributed by atoms with van der Waals surface area (Å²) in [5.41, 5.74) is 0.0974. The standard InChI is InChI=1S/C19H27FN4O3/c1-12(11-21-18(25)27-19(3,4)5)26-16-7-6-14(20)10-15(16)13(2)23-17-8-9-22-24-17/h6-10,12-13H,11H2,1-5H3,(H,21,25)(H2,22,23,24). The first-order valence-electron chi connectivity index (χ1n) is 8.83. The van der Waals surface area contributed by atoms with Gasteiger partial charge in [0.1, 0.15) is 29.1 Å². The van der Waals surface area contributed by atoms with Crippen LogP contribution < -0.4 is 15.4 Å². The number of benzene rings is 1. The number of anilines is 1. The van der Waals surface area contributed by atoms with Crippen LogP contribution in [-0.2, 0) is 4.74 Å². The van der Waals surface area contributed by atoms with Crippen LogP contribution >= 0.6 is 0 Å². The van der Waals surface area contributed by atoms with Crippen molar-refractivity contribution in [3.05, 3.63) is 41.8 Å². The van der Waals surface area contributed by atoms with Crippen LogP contribution in [0.1, 0.15) is 46.2 Å². The molecule has 3 N–H and O–H groups in total. The van der Waals surface area contributed by atoms with E-state index in [0.29, 0.717) is 11.3 Å². The monoisotopic (exact) mass is 378 g/mol. The molecule has 8 heteroatoms. The predicted octanol–water partition coefficient (Wildman–Crippen LogP) is 4.01. The zero-order chi connectivity index (χ0) is 20.0. The van der Waals surface area contributed by atoms with Gasteiger partial charge in [-0.2, -0.15) is 5.10 Å². The second-order valence-corrected chi connectivity index (χ2v) is 7.33. The molecule has 148 valence electrons. The molecule has 0 saturated carbocycles. The fraction of sp³-hybridized carbons (Fsp3) is 0.474. The van der Waals surface area contributed by atoms with Crippen molar-refractivity contribution in [1.82, 2.24) is 15.5 Å². The summed E-state index contributed by atoms with van der Waals surface area (Å²) in [4.78, 5) is 11.8. The molecule has 0 aliphatic carbocycles. The third-order valence-corrected chi connectivity index (χ3v) is 3.57. The number of hydrogen-bond donors (Lipinski definition) is 3. The van der Waals surface area contributed by atoms with Gasteiger partial charge in [-0.1, -0.05) is 0 Å². The molecule has 1 amide bonds. The normalized spacial score (nSPS) is 13.6. The van der Waals surface area contributed by atoms with Crippen LogP contribution in [0, 0.1) is 5.82 Å². The molecule has 2 atom stereocenters. The second kappa shape index (κ2) is 8.75. The Balaban J connectivity index is 1.99. The molecule has 2 rings (SSSR count). The summed E-state index contributed by atoms with van der Waals surface area (Å²) in [6.45, 7) is 9.36. The van der Waals surface area contributed by atoms with Crippen LogP contribution in [0.4, 0.5) is 15.0 Å². The lowest BCUT2D eigenvalue weighted by atomic mass is 10.1. The molecule has 1 aromatic heterocycles. The number of rotatable bonds is 7. The summed E-state index contributed by atoms with van der Waals surface area (Å²) in [7, 11) is 0. The van der Waals surface area contributed by atoms with E-state index in [9.17, 15) is 9.18 Å². The quantitative estimate of drug-likeness (QED) is 0.677. The van der Waals surface area contributed by atoms with Gasteiger partial charge < -0.3 is 20.1 Å². The Morgan fingerprint density at radius 2 is 2.04 bits per heavy atom. The first kappa shape index (κ1) is 20.5. The van der Waals surface area contributed by atoms with Crippen LogP contribution in [0.5, 0.6) is 5.75 Å². The minimum absolute atomic E-state index is 0.220. The van der Waals surface area contributed by atoms with Gasteiger partial charge in [-0.25, -0.2) is 9.18 Å². The SMILES string of the molecule is CC(CNC(=O)OC(C)(C)C)Oc1ccc(F)cc1C(C)Nc1ccn[nH]1. The van der Waals surface area contributed by atoms with Crippen LogP contribution in [0.3, 0.4) is 0 Å². The number of nitrogens with zero attached hydrogens (tertiary/aromatic N) is 1. The van der Waals surface area contributed by atoms with Crippen molar-refractivity contribution in [2.75, 3.05) is 11.9 Å². The van der Waals surface area contributed by atoms with E-state index in [2.05, 4.69) is 20.8 Å². The maximum Gasteiger partial charge on any atom is 0.407 e. The van der Waals surface area contributed by atoms with Crippen molar-refractivity contribution < 1.29 is 18.7 Å². The third kappa shape index (κ3) is 6.80. The number of nitrogens with one attached hydrogen (secondary N) is 3. The number of ether oxygens (including phenoxy) is 2. The molecule has 0 radical (unpaired) electrons. The molecule has 0 fully saturated rings. The first-order valence-corrected chi connectivity index (χ1v) is 8.83. The highest BCUT2D eigenvalue weighted by Gasteiger charge is 2.18. The van der Waals surface area contributed by atoms with E-state index in [0.717, 1.165) is 5.82 Å². The van der Waals surface area contributed by atoms with Gasteiger partial charge in [-0.15, -0.1) is 0 Å². The van der Waals surface area contributed by atoms with E-state index in [1.54, 1.807) is 39.1 Å². The van der Waals surface area contributed by atoms with E-state index in [1.165, 1.54) is 12.1 Å². The molecule has 2 aromatic rings. The molecule has 1 aromatic carbocycles. The number of carbonyl (C=O) groups is 1. The number of amides is 1. The Bertz CT molecular complexity index is 744. The topological polar surface area (TPSA) is 88.3 Å². The molecule has 0 bridgehead atoms. The zero-order valence-corrected chi connectivity index (χ0v) is 16.3. The second-order valence-electron chi connectivity index (χ2n) is 7.33. The number of carbonyl (C=O) groups excluding carboxylic acids is 1. The van der Waals surface area contributed by atoms with Gasteiger partial charge in [0.15, 0.2) is 0 Å². The summed E-state index contributed by atoms with van der Waals surface area (Å²) in [6, 6.07) is 5.92. The Morgan fingerprint density at radius 3 is 2.67 bits per heavy atom. The molecule has 0 spiro atoms. The highest BCUT2D eigenvalue weighted by molar-refractivity contribution is 5.67. The van der Waals surface area contributed by atoms with Crippen molar-refractivity contribution in [3.63, 3.8) is 0 Å². The number of hydrogen-bond acceptors (Lipinski definition) is 5. The molecule has 7 nitrogen and oxygen atoms in total. The van der Waals surface area contributed by atoms with Crippen LogP contribution in [0.2, 0.25) is 0 Å². The summed E-state index contributed by atoms with van der Waals surface area (Å²) in [6.07, 6.45) is 0.787. The molecule has 0 aliphatic rings. The Hall–Kier alpha value is -2.77. The largest absolute Gasteiger partial charge is 0.489 e. The average Bonchev–Trinajstić information content (AvgIpc) is 3.06. The number of H-pyrrole nitrogens is 1. The lowest BCUT2D eigenvalue weighted by Crippen LogP contribution is -2.37. The summed E-state index contributed by atoms with van der Waals surface area (Å²) < 4.78 is 24.9. The van der Waals surface area contributed by atoms with E-state index >= 15 is 0 Å². The lowest BCUT2D eigenvalue weighted by molar-refractivity contribution is 0.0505. The van der Waals surface area contributed by atoms with Crippen molar-refractivity contribution >= 4 is 11.9 Å². The fourth-order valence-corrected chi connectivity index (χ4v) is 2.41. The van der Waals surface area contributed by atoms with Gasteiger partial charge in [-0.05, 0) is 58.9 Å². The average molecular weight is 378 g/mol. The van der Waals surface area contributed by atoms with E-state index < -0.39 is 11.7 Å². The fourth-order valence-electron chi connectivity index (χ4n) is 2.41. The highest BCUT2D eigenvalue weighted by atomic mass is 19.1. The van der Waals surface area contributed by atoms with Gasteiger partial charge >= 0.3 is 6.09 Å². The lowest BCUT2D eigenvalue weighted by Gasteiger charge is -2.23. The number of alkyl carbamates (subject to hydrolysis) is 1. The van der Waals surface area contributed by atoms with Crippen LogP contribution in [-0.4, -0.2) is 34.5 Å². The maximum absolute atomic E-state index is 13.8. The van der Waals surface area contributed by atoms with Gasteiger partial charge in [0.25, 0.3) is 0 Å². The van der Waals surface area contributed by atoms with Gasteiger partial charge in [0, 0.05) is 5.56 Å². The molecule has 1 heterocycles. The van der Waals surface area contributed by atoms with Crippen molar-refractivity contribution in [2.24, 2.45) is 0 Å². The van der Waals surface area contributed by atoms with Crippen molar-refractivity contribution in [3.8, 4) is 5.75 Å². The van der Waals surface area contributed by atoms with Gasteiger partial charge in [0.2, 0.25) is 0 Å². The Kier molecular flexibility index (Phi) is 6.65. The van der Waals surface area contributed by atoms with E-state index in [1.807, 2.05) is 13.8 Å². The third-order valence-electron chi connectivity index (χ3n) is 3.57. The molecule has 0 aliphatic heterocycles. The van der Waals surface area contributed by atoms with Gasteiger partial charge in [0.05, 0.1) is 18.8 Å². The van der Waals surface area contributed by atoms with Crippen molar-refractivity contribution in [1.29, 1.82) is 0 Å². The maximum atomic E-state index is 13.8. The first-order chi connectivity index (χ1) is 12.6. The molecule has 0 saturated heterocycles. The van der Waals surface area contributed by atoms with Crippen molar-refractivity contribution in [2.45, 2.75) is 52.4 Å². The Labute approximate surface area is 158 Å². The van der Waals surface area contributed by atoms with Crippen LogP contribution in [0.15, 0.2) is 30.5 Å². The molecular weight excluding hydrogens is 351 g/mol. The van der Waals surface area contributed by atoms with Crippen LogP contribution in [0.25, 0.3) is 0 Å². The number of halogens is 1. The summed E-state index contributed by atoms with van der Waals surface area (Å²) >= 11 is 0. The molecule has 27 heavy (non-hydrogen) atoms. The zero-order valence-electron chi connectivity index (χ0n) is 16.3. The van der Waals surface area contributed by atoms with E-state index in [-0.39, 0.29) is 24.5 Å². The highest BCUT2D eigenvalue weighted by Crippen LogP contribution is 2.29.